The van der Waals surface area contributed by atoms with Gasteiger partial charge in [0.2, 0.25) is 0 Å². The smallest absolute Gasteiger partial charge is 0.259 e. The largest absolute Gasteiger partial charge is 0.494 e. The summed E-state index contributed by atoms with van der Waals surface area (Å²) in [6.45, 7) is 2.98. The van der Waals surface area contributed by atoms with E-state index >= 15 is 0 Å². The number of rotatable bonds is 8. The van der Waals surface area contributed by atoms with Gasteiger partial charge in [0.05, 0.1) is 6.61 Å². The van der Waals surface area contributed by atoms with Crippen LogP contribution >= 0.6 is 0 Å². The number of hydrogen-bond acceptors (Lipinski definition) is 4. The van der Waals surface area contributed by atoms with E-state index in [1.165, 1.54) is 4.90 Å². The fraction of sp³-hybridized carbons (Fsp3) is 0.333. The van der Waals surface area contributed by atoms with Crippen LogP contribution in [0.3, 0.4) is 0 Å². The first-order chi connectivity index (χ1) is 12.9. The van der Waals surface area contributed by atoms with Gasteiger partial charge in [-0.2, -0.15) is 0 Å². The van der Waals surface area contributed by atoms with E-state index in [9.17, 15) is 9.59 Å². The maximum Gasteiger partial charge on any atom is 0.259 e. The maximum absolute atomic E-state index is 12.7. The van der Waals surface area contributed by atoms with Crippen molar-refractivity contribution in [2.45, 2.75) is 13.5 Å². The molecule has 0 saturated carbocycles. The van der Waals surface area contributed by atoms with Gasteiger partial charge < -0.3 is 19.3 Å². The Morgan fingerprint density at radius 3 is 2.26 bits per heavy atom. The van der Waals surface area contributed by atoms with Crippen molar-refractivity contribution in [1.82, 2.24) is 9.80 Å². The van der Waals surface area contributed by atoms with Crippen LogP contribution in [-0.2, 0) is 11.3 Å². The van der Waals surface area contributed by atoms with E-state index in [-0.39, 0.29) is 18.4 Å². The van der Waals surface area contributed by atoms with Gasteiger partial charge in [0.15, 0.2) is 6.61 Å². The Labute approximate surface area is 160 Å². The molecule has 0 bridgehead atoms. The zero-order chi connectivity index (χ0) is 19.8. The molecular weight excluding hydrogens is 344 g/mol. The van der Waals surface area contributed by atoms with Gasteiger partial charge in [0, 0.05) is 33.3 Å². The molecular formula is C21H26N2O4. The number of nitrogens with zero attached hydrogens (tertiary/aromatic N) is 2. The lowest BCUT2D eigenvalue weighted by atomic mass is 10.1. The number of hydrogen-bond donors (Lipinski definition) is 0. The van der Waals surface area contributed by atoms with E-state index in [1.807, 2.05) is 31.2 Å². The molecule has 0 unspecified atom stereocenters. The summed E-state index contributed by atoms with van der Waals surface area (Å²) in [5.74, 6) is 1.05. The van der Waals surface area contributed by atoms with Crippen LogP contribution in [0, 0.1) is 0 Å². The first kappa shape index (κ1) is 20.3. The Kier molecular flexibility index (Phi) is 7.23. The van der Waals surface area contributed by atoms with Crippen molar-refractivity contribution in [3.05, 3.63) is 59.7 Å². The number of likely N-dealkylation sites (N-methyl/N-ethyl adjacent to an activating group) is 1. The molecule has 2 aromatic carbocycles. The minimum absolute atomic E-state index is 0.0628. The standard InChI is InChI=1S/C21H26N2O4/c1-5-26-18-11-9-16(10-12-18)14-23(4)21(25)17-7-6-8-19(13-17)27-15-20(24)22(2)3/h6-13H,5,14-15H2,1-4H3. The molecule has 0 aromatic heterocycles. The molecule has 0 saturated heterocycles. The third-order valence-corrected chi connectivity index (χ3v) is 3.94. The minimum Gasteiger partial charge on any atom is -0.494 e. The summed E-state index contributed by atoms with van der Waals surface area (Å²) < 4.78 is 10.9. The van der Waals surface area contributed by atoms with Gasteiger partial charge in [0.1, 0.15) is 11.5 Å². The molecule has 0 aliphatic carbocycles. The average molecular weight is 370 g/mol. The topological polar surface area (TPSA) is 59.1 Å². The van der Waals surface area contributed by atoms with Gasteiger partial charge in [-0.25, -0.2) is 0 Å². The monoisotopic (exact) mass is 370 g/mol. The van der Waals surface area contributed by atoms with Gasteiger partial charge in [-0.05, 0) is 42.8 Å². The SMILES string of the molecule is CCOc1ccc(CN(C)C(=O)c2cccc(OCC(=O)N(C)C)c2)cc1. The number of carbonyl (C=O) groups is 2. The molecule has 144 valence electrons. The first-order valence-electron chi connectivity index (χ1n) is 8.81. The Morgan fingerprint density at radius 1 is 0.926 bits per heavy atom. The van der Waals surface area contributed by atoms with Gasteiger partial charge in [-0.1, -0.05) is 18.2 Å². The van der Waals surface area contributed by atoms with Crippen molar-refractivity contribution in [2.24, 2.45) is 0 Å². The van der Waals surface area contributed by atoms with Crippen molar-refractivity contribution in [3.8, 4) is 11.5 Å². The summed E-state index contributed by atoms with van der Waals surface area (Å²) in [6.07, 6.45) is 0. The van der Waals surface area contributed by atoms with Crippen LogP contribution in [-0.4, -0.2) is 56.0 Å². The van der Waals surface area contributed by atoms with E-state index in [0.717, 1.165) is 11.3 Å². The molecule has 0 heterocycles. The maximum atomic E-state index is 12.7. The minimum atomic E-state index is -0.139. The normalized spacial score (nSPS) is 10.2. The van der Waals surface area contributed by atoms with Crippen LogP contribution in [0.4, 0.5) is 0 Å². The number of carbonyl (C=O) groups excluding carboxylic acids is 2. The molecule has 0 spiro atoms. The summed E-state index contributed by atoms with van der Waals surface area (Å²) in [4.78, 5) is 27.4. The van der Waals surface area contributed by atoms with Crippen molar-refractivity contribution >= 4 is 11.8 Å². The second kappa shape index (κ2) is 9.62. The molecule has 0 aliphatic rings. The van der Waals surface area contributed by atoms with Crippen molar-refractivity contribution in [2.75, 3.05) is 34.4 Å². The number of benzene rings is 2. The molecule has 2 aromatic rings. The molecule has 0 atom stereocenters. The Hall–Kier alpha value is -3.02. The van der Waals surface area contributed by atoms with E-state index in [2.05, 4.69) is 0 Å². The second-order valence-corrected chi connectivity index (χ2v) is 6.34. The number of ether oxygens (including phenoxy) is 2. The summed E-state index contributed by atoms with van der Waals surface area (Å²) in [5, 5.41) is 0. The predicted molar refractivity (Wildman–Crippen MR) is 104 cm³/mol. The van der Waals surface area contributed by atoms with E-state index in [1.54, 1.807) is 50.3 Å². The lowest BCUT2D eigenvalue weighted by molar-refractivity contribution is -0.130. The molecule has 0 radical (unpaired) electrons. The van der Waals surface area contributed by atoms with Crippen LogP contribution in [0.2, 0.25) is 0 Å². The summed E-state index contributed by atoms with van der Waals surface area (Å²) in [6, 6.07) is 14.5. The molecule has 2 rings (SSSR count). The molecule has 2 amide bonds. The number of amides is 2. The zero-order valence-electron chi connectivity index (χ0n) is 16.3. The molecule has 6 heteroatoms. The molecule has 6 nitrogen and oxygen atoms in total. The van der Waals surface area contributed by atoms with Crippen molar-refractivity contribution in [3.63, 3.8) is 0 Å². The third kappa shape index (κ3) is 6.02. The third-order valence-electron chi connectivity index (χ3n) is 3.94. The summed E-state index contributed by atoms with van der Waals surface area (Å²) in [7, 11) is 5.09. The highest BCUT2D eigenvalue weighted by atomic mass is 16.5. The highest BCUT2D eigenvalue weighted by Gasteiger charge is 2.13. The van der Waals surface area contributed by atoms with Gasteiger partial charge in [-0.15, -0.1) is 0 Å². The van der Waals surface area contributed by atoms with Crippen LogP contribution in [0.1, 0.15) is 22.8 Å². The fourth-order valence-electron chi connectivity index (χ4n) is 2.42. The average Bonchev–Trinajstić information content (AvgIpc) is 2.67. The molecule has 0 N–H and O–H groups in total. The zero-order valence-corrected chi connectivity index (χ0v) is 16.3. The quantitative estimate of drug-likeness (QED) is 0.717. The van der Waals surface area contributed by atoms with Crippen LogP contribution in [0.15, 0.2) is 48.5 Å². The Bertz CT molecular complexity index is 772. The predicted octanol–water partition coefficient (Wildman–Crippen LogP) is 2.82. The summed E-state index contributed by atoms with van der Waals surface area (Å²) >= 11 is 0. The molecule has 0 aliphatic heterocycles. The van der Waals surface area contributed by atoms with Gasteiger partial charge >= 0.3 is 0 Å². The Balaban J connectivity index is 1.99. The lowest BCUT2D eigenvalue weighted by Gasteiger charge is -2.18. The van der Waals surface area contributed by atoms with E-state index < -0.39 is 0 Å². The fourth-order valence-corrected chi connectivity index (χ4v) is 2.42. The first-order valence-corrected chi connectivity index (χ1v) is 8.81. The van der Waals surface area contributed by atoms with E-state index in [4.69, 9.17) is 9.47 Å². The van der Waals surface area contributed by atoms with Crippen molar-refractivity contribution < 1.29 is 19.1 Å². The van der Waals surface area contributed by atoms with Crippen LogP contribution in [0.5, 0.6) is 11.5 Å². The Morgan fingerprint density at radius 2 is 1.63 bits per heavy atom. The van der Waals surface area contributed by atoms with Crippen molar-refractivity contribution in [1.29, 1.82) is 0 Å². The van der Waals surface area contributed by atoms with E-state index in [0.29, 0.717) is 24.5 Å². The van der Waals surface area contributed by atoms with Crippen LogP contribution in [0.25, 0.3) is 0 Å². The highest BCUT2D eigenvalue weighted by Crippen LogP contribution is 2.17. The van der Waals surface area contributed by atoms with Crippen LogP contribution < -0.4 is 9.47 Å². The molecule has 0 fully saturated rings. The lowest BCUT2D eigenvalue weighted by Crippen LogP contribution is -2.28. The summed E-state index contributed by atoms with van der Waals surface area (Å²) in [5.41, 5.74) is 1.52. The molecule has 27 heavy (non-hydrogen) atoms. The van der Waals surface area contributed by atoms with Gasteiger partial charge in [0.25, 0.3) is 11.8 Å². The highest BCUT2D eigenvalue weighted by molar-refractivity contribution is 5.94. The van der Waals surface area contributed by atoms with Gasteiger partial charge in [-0.3, -0.25) is 9.59 Å². The second-order valence-electron chi connectivity index (χ2n) is 6.34.